The third-order valence-electron chi connectivity index (χ3n) is 4.35. The highest BCUT2D eigenvalue weighted by Crippen LogP contribution is 2.15. The van der Waals surface area contributed by atoms with Crippen LogP contribution in [0.3, 0.4) is 0 Å². The van der Waals surface area contributed by atoms with E-state index >= 15 is 0 Å². The van der Waals surface area contributed by atoms with E-state index in [0.29, 0.717) is 18.4 Å². The fourth-order valence-electron chi connectivity index (χ4n) is 2.69. The van der Waals surface area contributed by atoms with Gasteiger partial charge in [0.1, 0.15) is 0 Å². The molecule has 0 aromatic heterocycles. The summed E-state index contributed by atoms with van der Waals surface area (Å²) in [5, 5.41) is 6.55. The van der Waals surface area contributed by atoms with Crippen molar-refractivity contribution < 1.29 is 8.42 Å². The van der Waals surface area contributed by atoms with Gasteiger partial charge in [-0.3, -0.25) is 4.99 Å². The van der Waals surface area contributed by atoms with Crippen molar-refractivity contribution in [1.29, 1.82) is 0 Å². The van der Waals surface area contributed by atoms with E-state index in [0.717, 1.165) is 12.1 Å². The molecule has 2 aromatic rings. The Morgan fingerprint density at radius 1 is 1.11 bits per heavy atom. The molecule has 0 radical (unpaired) electrons. The molecule has 2 aromatic carbocycles. The SMILES string of the molecule is CN=C(NCc1cccc(S(=O)(=O)NC)c1)NCC(C)c1cccc(C)c1. The van der Waals surface area contributed by atoms with Crippen LogP contribution in [-0.2, 0) is 16.6 Å². The van der Waals surface area contributed by atoms with Gasteiger partial charge in [0.05, 0.1) is 4.90 Å². The summed E-state index contributed by atoms with van der Waals surface area (Å²) in [6, 6.07) is 15.3. The molecule has 0 bridgehead atoms. The molecule has 0 aliphatic carbocycles. The molecule has 146 valence electrons. The first-order chi connectivity index (χ1) is 12.9. The number of aliphatic imine (C=N–C) groups is 1. The van der Waals surface area contributed by atoms with E-state index in [1.165, 1.54) is 18.2 Å². The maximum Gasteiger partial charge on any atom is 0.240 e. The molecule has 1 unspecified atom stereocenters. The molecule has 6 nitrogen and oxygen atoms in total. The fourth-order valence-corrected chi connectivity index (χ4v) is 3.49. The number of nitrogens with zero attached hydrogens (tertiary/aromatic N) is 1. The van der Waals surface area contributed by atoms with Crippen molar-refractivity contribution >= 4 is 16.0 Å². The summed E-state index contributed by atoms with van der Waals surface area (Å²) in [6.45, 7) is 5.48. The Labute approximate surface area is 162 Å². The van der Waals surface area contributed by atoms with Crippen LogP contribution in [0.1, 0.15) is 29.5 Å². The van der Waals surface area contributed by atoms with Gasteiger partial charge in [0.2, 0.25) is 10.0 Å². The number of hydrogen-bond acceptors (Lipinski definition) is 3. The van der Waals surface area contributed by atoms with E-state index in [-0.39, 0.29) is 4.90 Å². The lowest BCUT2D eigenvalue weighted by Crippen LogP contribution is -2.38. The average molecular weight is 389 g/mol. The largest absolute Gasteiger partial charge is 0.356 e. The molecule has 0 heterocycles. The van der Waals surface area contributed by atoms with Crippen molar-refractivity contribution in [1.82, 2.24) is 15.4 Å². The molecule has 1 atom stereocenters. The zero-order valence-corrected chi connectivity index (χ0v) is 17.1. The molecular weight excluding hydrogens is 360 g/mol. The maximum atomic E-state index is 11.9. The van der Waals surface area contributed by atoms with Crippen LogP contribution in [-0.4, -0.2) is 35.0 Å². The Morgan fingerprint density at radius 3 is 2.52 bits per heavy atom. The second-order valence-electron chi connectivity index (χ2n) is 6.48. The molecule has 2 rings (SSSR count). The number of hydrogen-bond donors (Lipinski definition) is 3. The third kappa shape index (κ3) is 6.08. The number of benzene rings is 2. The normalized spacial score (nSPS) is 13.3. The number of rotatable bonds is 7. The Morgan fingerprint density at radius 2 is 1.85 bits per heavy atom. The molecule has 0 saturated heterocycles. The fraction of sp³-hybridized carbons (Fsp3) is 0.350. The second kappa shape index (κ2) is 9.53. The molecule has 3 N–H and O–H groups in total. The minimum Gasteiger partial charge on any atom is -0.356 e. The highest BCUT2D eigenvalue weighted by Gasteiger charge is 2.11. The van der Waals surface area contributed by atoms with Crippen LogP contribution in [0.5, 0.6) is 0 Å². The molecule has 0 aliphatic rings. The van der Waals surface area contributed by atoms with Crippen molar-refractivity contribution in [3.8, 4) is 0 Å². The molecule has 0 fully saturated rings. The number of aryl methyl sites for hydroxylation is 1. The summed E-state index contributed by atoms with van der Waals surface area (Å²) in [4.78, 5) is 4.49. The third-order valence-corrected chi connectivity index (χ3v) is 5.76. The Balaban J connectivity index is 1.93. The van der Waals surface area contributed by atoms with E-state index < -0.39 is 10.0 Å². The first kappa shape index (κ1) is 20.9. The molecular formula is C20H28N4O2S. The predicted molar refractivity (Wildman–Crippen MR) is 110 cm³/mol. The van der Waals surface area contributed by atoms with Crippen LogP contribution in [0.4, 0.5) is 0 Å². The highest BCUT2D eigenvalue weighted by molar-refractivity contribution is 7.89. The van der Waals surface area contributed by atoms with Gasteiger partial charge in [0.25, 0.3) is 0 Å². The zero-order chi connectivity index (χ0) is 19.9. The van der Waals surface area contributed by atoms with Crippen molar-refractivity contribution in [2.75, 3.05) is 20.6 Å². The highest BCUT2D eigenvalue weighted by atomic mass is 32.2. The van der Waals surface area contributed by atoms with Crippen molar-refractivity contribution in [3.05, 3.63) is 65.2 Å². The molecule has 7 heteroatoms. The van der Waals surface area contributed by atoms with Crippen LogP contribution in [0.15, 0.2) is 58.4 Å². The van der Waals surface area contributed by atoms with Crippen LogP contribution < -0.4 is 15.4 Å². The summed E-state index contributed by atoms with van der Waals surface area (Å²) >= 11 is 0. The predicted octanol–water partition coefficient (Wildman–Crippen LogP) is 2.37. The monoisotopic (exact) mass is 388 g/mol. The Bertz CT molecular complexity index is 894. The summed E-state index contributed by atoms with van der Waals surface area (Å²) < 4.78 is 26.2. The van der Waals surface area contributed by atoms with Gasteiger partial charge in [0, 0.05) is 20.1 Å². The summed E-state index contributed by atoms with van der Waals surface area (Å²) in [6.07, 6.45) is 0. The lowest BCUT2D eigenvalue weighted by molar-refractivity contribution is 0.588. The number of guanidine groups is 1. The Hall–Kier alpha value is -2.38. The lowest BCUT2D eigenvalue weighted by atomic mass is 9.99. The molecule has 0 amide bonds. The maximum absolute atomic E-state index is 11.9. The van der Waals surface area contributed by atoms with E-state index in [1.807, 2.05) is 6.07 Å². The van der Waals surface area contributed by atoms with Gasteiger partial charge in [-0.15, -0.1) is 0 Å². The second-order valence-corrected chi connectivity index (χ2v) is 8.36. The van der Waals surface area contributed by atoms with E-state index in [1.54, 1.807) is 25.2 Å². The molecule has 27 heavy (non-hydrogen) atoms. The van der Waals surface area contributed by atoms with Gasteiger partial charge in [-0.05, 0) is 43.1 Å². The first-order valence-electron chi connectivity index (χ1n) is 8.89. The van der Waals surface area contributed by atoms with Gasteiger partial charge < -0.3 is 10.6 Å². The minimum atomic E-state index is -3.44. The van der Waals surface area contributed by atoms with E-state index in [2.05, 4.69) is 58.5 Å². The van der Waals surface area contributed by atoms with Gasteiger partial charge in [0.15, 0.2) is 5.96 Å². The Kier molecular flexibility index (Phi) is 7.38. The summed E-state index contributed by atoms with van der Waals surface area (Å²) in [5.74, 6) is 1.02. The zero-order valence-electron chi connectivity index (χ0n) is 16.3. The quantitative estimate of drug-likeness (QED) is 0.502. The van der Waals surface area contributed by atoms with Crippen LogP contribution in [0.25, 0.3) is 0 Å². The van der Waals surface area contributed by atoms with Crippen molar-refractivity contribution in [2.24, 2.45) is 4.99 Å². The van der Waals surface area contributed by atoms with Crippen molar-refractivity contribution in [2.45, 2.75) is 31.2 Å². The van der Waals surface area contributed by atoms with Crippen molar-refractivity contribution in [3.63, 3.8) is 0 Å². The molecule has 0 aliphatic heterocycles. The number of sulfonamides is 1. The van der Waals surface area contributed by atoms with Gasteiger partial charge >= 0.3 is 0 Å². The topological polar surface area (TPSA) is 82.6 Å². The van der Waals surface area contributed by atoms with Crippen LogP contribution in [0, 0.1) is 6.92 Å². The first-order valence-corrected chi connectivity index (χ1v) is 10.4. The summed E-state index contributed by atoms with van der Waals surface area (Å²) in [5.41, 5.74) is 3.39. The van der Waals surface area contributed by atoms with Gasteiger partial charge in [-0.1, -0.05) is 48.9 Å². The van der Waals surface area contributed by atoms with Gasteiger partial charge in [-0.25, -0.2) is 13.1 Å². The van der Waals surface area contributed by atoms with Crippen LogP contribution in [0.2, 0.25) is 0 Å². The van der Waals surface area contributed by atoms with E-state index in [9.17, 15) is 8.42 Å². The number of nitrogens with one attached hydrogen (secondary N) is 3. The minimum absolute atomic E-state index is 0.250. The smallest absolute Gasteiger partial charge is 0.240 e. The standard InChI is InChI=1S/C20H28N4O2S/c1-15-7-5-9-18(11-15)16(2)13-23-20(21-3)24-14-17-8-6-10-19(12-17)27(25,26)22-4/h5-12,16,22H,13-14H2,1-4H3,(H2,21,23,24). The van der Waals surface area contributed by atoms with E-state index in [4.69, 9.17) is 0 Å². The summed E-state index contributed by atoms with van der Waals surface area (Å²) in [7, 11) is -0.323. The molecule has 0 saturated carbocycles. The van der Waals surface area contributed by atoms with Crippen LogP contribution >= 0.6 is 0 Å². The lowest BCUT2D eigenvalue weighted by Gasteiger charge is -2.17. The average Bonchev–Trinajstić information content (AvgIpc) is 2.68. The van der Waals surface area contributed by atoms with Gasteiger partial charge in [-0.2, -0.15) is 0 Å². The molecule has 0 spiro atoms.